The number of hydrogen-bond donors (Lipinski definition) is 1. The molecule has 108 valence electrons. The Hall–Kier alpha value is -2.13. The van der Waals surface area contributed by atoms with E-state index >= 15 is 0 Å². The fourth-order valence-electron chi connectivity index (χ4n) is 3.04. The Morgan fingerprint density at radius 1 is 1.14 bits per heavy atom. The number of likely N-dealkylation sites (N-methyl/N-ethyl adjacent to an activating group) is 1. The third-order valence-electron chi connectivity index (χ3n) is 4.30. The lowest BCUT2D eigenvalue weighted by atomic mass is 9.93. The predicted octanol–water partition coefficient (Wildman–Crippen LogP) is 2.87. The van der Waals surface area contributed by atoms with Gasteiger partial charge in [-0.15, -0.1) is 0 Å². The van der Waals surface area contributed by atoms with E-state index in [4.69, 9.17) is 5.73 Å². The summed E-state index contributed by atoms with van der Waals surface area (Å²) in [7, 11) is 1.82. The van der Waals surface area contributed by atoms with E-state index in [-0.39, 0.29) is 11.9 Å². The van der Waals surface area contributed by atoms with E-state index < -0.39 is 0 Å². The van der Waals surface area contributed by atoms with Crippen molar-refractivity contribution in [1.29, 1.82) is 0 Å². The molecule has 21 heavy (non-hydrogen) atoms. The molecule has 0 aromatic heterocycles. The Morgan fingerprint density at radius 2 is 1.90 bits per heavy atom. The molecule has 3 rings (SSSR count). The van der Waals surface area contributed by atoms with Gasteiger partial charge in [-0.05, 0) is 42.2 Å². The molecule has 3 nitrogen and oxygen atoms in total. The highest BCUT2D eigenvalue weighted by atomic mass is 16.2. The molecule has 1 aliphatic rings. The normalized spacial score (nSPS) is 15.2. The van der Waals surface area contributed by atoms with Gasteiger partial charge in [0.2, 0.25) is 5.91 Å². The molecule has 0 fully saturated rings. The van der Waals surface area contributed by atoms with E-state index in [0.29, 0.717) is 6.42 Å². The van der Waals surface area contributed by atoms with Crippen LogP contribution >= 0.6 is 0 Å². The molecule has 2 aromatic carbocycles. The van der Waals surface area contributed by atoms with Gasteiger partial charge in [0.25, 0.3) is 0 Å². The fourth-order valence-corrected chi connectivity index (χ4v) is 3.04. The van der Waals surface area contributed by atoms with Gasteiger partial charge in [0.15, 0.2) is 0 Å². The first-order valence-corrected chi connectivity index (χ1v) is 7.19. The van der Waals surface area contributed by atoms with E-state index in [9.17, 15) is 4.79 Å². The Labute approximate surface area is 125 Å². The monoisotopic (exact) mass is 280 g/mol. The van der Waals surface area contributed by atoms with Crippen molar-refractivity contribution in [2.45, 2.75) is 26.3 Å². The van der Waals surface area contributed by atoms with Crippen molar-refractivity contribution in [3.63, 3.8) is 0 Å². The summed E-state index contributed by atoms with van der Waals surface area (Å²) in [5.74, 6) is 0.141. The maximum Gasteiger partial charge on any atom is 0.231 e. The number of hydrogen-bond acceptors (Lipinski definition) is 2. The maximum absolute atomic E-state index is 11.8. The Balaban J connectivity index is 1.98. The Morgan fingerprint density at radius 3 is 2.62 bits per heavy atom. The lowest BCUT2D eigenvalue weighted by molar-refractivity contribution is -0.117. The largest absolute Gasteiger partial charge is 0.320 e. The van der Waals surface area contributed by atoms with Gasteiger partial charge < -0.3 is 10.6 Å². The zero-order valence-corrected chi connectivity index (χ0v) is 12.7. The van der Waals surface area contributed by atoms with Crippen molar-refractivity contribution in [1.82, 2.24) is 0 Å². The van der Waals surface area contributed by atoms with Gasteiger partial charge >= 0.3 is 0 Å². The van der Waals surface area contributed by atoms with Gasteiger partial charge in [0.05, 0.1) is 12.5 Å². The summed E-state index contributed by atoms with van der Waals surface area (Å²) in [6.45, 7) is 4.17. The molecular weight excluding hydrogens is 260 g/mol. The molecule has 1 unspecified atom stereocenters. The van der Waals surface area contributed by atoms with Gasteiger partial charge in [-0.2, -0.15) is 0 Å². The van der Waals surface area contributed by atoms with Crippen LogP contribution in [0.3, 0.4) is 0 Å². The molecule has 1 aliphatic heterocycles. The van der Waals surface area contributed by atoms with Crippen LogP contribution in [-0.2, 0) is 11.2 Å². The molecule has 1 heterocycles. The number of amides is 1. The van der Waals surface area contributed by atoms with Crippen LogP contribution in [-0.4, -0.2) is 13.0 Å². The van der Waals surface area contributed by atoms with Crippen molar-refractivity contribution in [2.75, 3.05) is 11.9 Å². The van der Waals surface area contributed by atoms with Gasteiger partial charge in [-0.25, -0.2) is 0 Å². The van der Waals surface area contributed by atoms with Gasteiger partial charge in [0.1, 0.15) is 0 Å². The number of aryl methyl sites for hydroxylation is 2. The molecule has 0 spiro atoms. The second kappa shape index (κ2) is 5.01. The first-order chi connectivity index (χ1) is 9.97. The minimum atomic E-state index is -0.156. The van der Waals surface area contributed by atoms with Crippen molar-refractivity contribution in [3.05, 3.63) is 64.2 Å². The minimum absolute atomic E-state index is 0.141. The SMILES string of the molecule is Cc1ccc(C(N)c2ccc3c(c2)CC(=O)N3C)c(C)c1. The number of anilines is 1. The average Bonchev–Trinajstić information content (AvgIpc) is 2.73. The summed E-state index contributed by atoms with van der Waals surface area (Å²) in [6.07, 6.45) is 0.472. The molecule has 0 saturated heterocycles. The van der Waals surface area contributed by atoms with Crippen LogP contribution in [0.5, 0.6) is 0 Å². The van der Waals surface area contributed by atoms with Crippen LogP contribution in [0.15, 0.2) is 36.4 Å². The maximum atomic E-state index is 11.8. The molecule has 0 bridgehead atoms. The third-order valence-corrected chi connectivity index (χ3v) is 4.30. The van der Waals surface area contributed by atoms with Crippen molar-refractivity contribution >= 4 is 11.6 Å². The van der Waals surface area contributed by atoms with Crippen LogP contribution < -0.4 is 10.6 Å². The number of benzene rings is 2. The summed E-state index contributed by atoms with van der Waals surface area (Å²) >= 11 is 0. The highest BCUT2D eigenvalue weighted by Crippen LogP contribution is 2.32. The summed E-state index contributed by atoms with van der Waals surface area (Å²) in [5.41, 5.74) is 13.1. The van der Waals surface area contributed by atoms with Crippen LogP contribution in [0.4, 0.5) is 5.69 Å². The van der Waals surface area contributed by atoms with Gasteiger partial charge in [0, 0.05) is 12.7 Å². The van der Waals surface area contributed by atoms with E-state index in [1.165, 1.54) is 11.1 Å². The van der Waals surface area contributed by atoms with Crippen molar-refractivity contribution < 1.29 is 4.79 Å². The Kier molecular flexibility index (Phi) is 3.30. The first kappa shape index (κ1) is 13.8. The number of carbonyl (C=O) groups is 1. The highest BCUT2D eigenvalue weighted by Gasteiger charge is 2.25. The summed E-state index contributed by atoms with van der Waals surface area (Å²) in [6, 6.07) is 12.3. The number of carbonyl (C=O) groups excluding carboxylic acids is 1. The van der Waals surface area contributed by atoms with Crippen LogP contribution in [0.1, 0.15) is 33.9 Å². The molecular formula is C18H20N2O. The first-order valence-electron chi connectivity index (χ1n) is 7.19. The zero-order valence-electron chi connectivity index (χ0n) is 12.7. The second-order valence-corrected chi connectivity index (χ2v) is 5.86. The molecule has 0 saturated carbocycles. The number of fused-ring (bicyclic) bond motifs is 1. The number of nitrogens with two attached hydrogens (primary N) is 1. The van der Waals surface area contributed by atoms with E-state index in [1.54, 1.807) is 4.90 Å². The topological polar surface area (TPSA) is 46.3 Å². The lowest BCUT2D eigenvalue weighted by Crippen LogP contribution is -2.20. The van der Waals surface area contributed by atoms with E-state index in [1.807, 2.05) is 19.2 Å². The van der Waals surface area contributed by atoms with Crippen LogP contribution in [0.25, 0.3) is 0 Å². The summed E-state index contributed by atoms with van der Waals surface area (Å²) < 4.78 is 0. The molecule has 2 aromatic rings. The van der Waals surface area contributed by atoms with Crippen molar-refractivity contribution in [2.24, 2.45) is 5.73 Å². The number of nitrogens with zero attached hydrogens (tertiary/aromatic N) is 1. The highest BCUT2D eigenvalue weighted by molar-refractivity contribution is 6.00. The summed E-state index contributed by atoms with van der Waals surface area (Å²) in [5, 5.41) is 0. The Bertz CT molecular complexity index is 721. The van der Waals surface area contributed by atoms with Crippen molar-refractivity contribution in [3.8, 4) is 0 Å². The number of rotatable bonds is 2. The molecule has 1 atom stereocenters. The predicted molar refractivity (Wildman–Crippen MR) is 85.5 cm³/mol. The van der Waals surface area contributed by atoms with E-state index in [2.05, 4.69) is 38.1 Å². The molecule has 3 heteroatoms. The molecule has 1 amide bonds. The molecule has 0 aliphatic carbocycles. The quantitative estimate of drug-likeness (QED) is 0.919. The standard InChI is InChI=1S/C18H20N2O/c1-11-4-6-15(12(2)8-11)18(19)13-5-7-16-14(9-13)10-17(21)20(16)3/h4-9,18H,10,19H2,1-3H3. The minimum Gasteiger partial charge on any atom is -0.320 e. The summed E-state index contributed by atoms with van der Waals surface area (Å²) in [4.78, 5) is 13.5. The molecule has 2 N–H and O–H groups in total. The molecule has 0 radical (unpaired) electrons. The third kappa shape index (κ3) is 2.34. The average molecular weight is 280 g/mol. The van der Waals surface area contributed by atoms with Crippen LogP contribution in [0, 0.1) is 13.8 Å². The van der Waals surface area contributed by atoms with Gasteiger partial charge in [-0.3, -0.25) is 4.79 Å². The smallest absolute Gasteiger partial charge is 0.231 e. The van der Waals surface area contributed by atoms with Crippen LogP contribution in [0.2, 0.25) is 0 Å². The second-order valence-electron chi connectivity index (χ2n) is 5.86. The fraction of sp³-hybridized carbons (Fsp3) is 0.278. The lowest BCUT2D eigenvalue weighted by Gasteiger charge is -2.17. The van der Waals surface area contributed by atoms with E-state index in [0.717, 1.165) is 22.4 Å². The van der Waals surface area contributed by atoms with Gasteiger partial charge in [-0.1, -0.05) is 35.9 Å². The zero-order chi connectivity index (χ0) is 15.1.